The van der Waals surface area contributed by atoms with Gasteiger partial charge in [0.1, 0.15) is 11.5 Å². The number of ether oxygens (including phenoxy) is 3. The van der Waals surface area contributed by atoms with E-state index in [1.54, 1.807) is 26.0 Å². The van der Waals surface area contributed by atoms with Gasteiger partial charge in [-0.2, -0.15) is 0 Å². The first-order chi connectivity index (χ1) is 12.5. The van der Waals surface area contributed by atoms with Gasteiger partial charge in [-0.1, -0.05) is 12.8 Å². The van der Waals surface area contributed by atoms with Crippen LogP contribution in [0.3, 0.4) is 0 Å². The van der Waals surface area contributed by atoms with Crippen molar-refractivity contribution in [3.63, 3.8) is 0 Å². The van der Waals surface area contributed by atoms with E-state index in [0.717, 1.165) is 31.2 Å². The number of benzene rings is 1. The third-order valence-electron chi connectivity index (χ3n) is 5.83. The van der Waals surface area contributed by atoms with Gasteiger partial charge < -0.3 is 24.2 Å². The van der Waals surface area contributed by atoms with Crippen molar-refractivity contribution in [1.29, 1.82) is 0 Å². The van der Waals surface area contributed by atoms with E-state index in [-0.39, 0.29) is 18.1 Å². The molecule has 3 atom stereocenters. The molecule has 144 valence electrons. The van der Waals surface area contributed by atoms with E-state index in [1.807, 2.05) is 18.2 Å². The van der Waals surface area contributed by atoms with E-state index in [0.29, 0.717) is 31.1 Å². The highest BCUT2D eigenvalue weighted by Gasteiger charge is 2.51. The maximum absolute atomic E-state index is 12.7. The lowest BCUT2D eigenvalue weighted by Gasteiger charge is -2.52. The van der Waals surface area contributed by atoms with Crippen LogP contribution in [0.25, 0.3) is 0 Å². The third kappa shape index (κ3) is 3.34. The van der Waals surface area contributed by atoms with Crippen LogP contribution >= 0.6 is 0 Å². The fourth-order valence-corrected chi connectivity index (χ4v) is 4.55. The zero-order valence-electron chi connectivity index (χ0n) is 15.9. The average Bonchev–Trinajstić information content (AvgIpc) is 2.66. The molecule has 2 unspecified atom stereocenters. The molecule has 1 saturated heterocycles. The van der Waals surface area contributed by atoms with E-state index in [2.05, 4.69) is 0 Å². The van der Waals surface area contributed by atoms with Gasteiger partial charge in [-0.05, 0) is 44.4 Å². The maximum Gasteiger partial charge on any atom is 0.410 e. The predicted octanol–water partition coefficient (Wildman–Crippen LogP) is 3.53. The van der Waals surface area contributed by atoms with Crippen molar-refractivity contribution >= 4 is 6.09 Å². The molecule has 1 aromatic rings. The van der Waals surface area contributed by atoms with E-state index >= 15 is 0 Å². The molecule has 2 aliphatic rings. The first kappa shape index (κ1) is 18.8. The van der Waals surface area contributed by atoms with Gasteiger partial charge in [-0.15, -0.1) is 0 Å². The molecule has 2 fully saturated rings. The number of likely N-dealkylation sites (tertiary alicyclic amines) is 1. The number of fused-ring (bicyclic) bond motifs is 1. The third-order valence-corrected chi connectivity index (χ3v) is 5.83. The molecule has 1 N–H and O–H groups in total. The normalized spacial score (nSPS) is 28.2. The van der Waals surface area contributed by atoms with Gasteiger partial charge in [-0.25, -0.2) is 4.79 Å². The number of carbonyl (C=O) groups is 1. The first-order valence-electron chi connectivity index (χ1n) is 9.41. The molecule has 1 aliphatic heterocycles. The van der Waals surface area contributed by atoms with Gasteiger partial charge in [0.25, 0.3) is 0 Å². The summed E-state index contributed by atoms with van der Waals surface area (Å²) in [5, 5.41) is 11.3. The van der Waals surface area contributed by atoms with Crippen LogP contribution in [0.2, 0.25) is 0 Å². The van der Waals surface area contributed by atoms with Crippen molar-refractivity contribution < 1.29 is 24.1 Å². The zero-order chi connectivity index (χ0) is 18.7. The molecule has 3 rings (SSSR count). The van der Waals surface area contributed by atoms with Crippen LogP contribution in [0.5, 0.6) is 11.5 Å². The van der Waals surface area contributed by atoms with Crippen LogP contribution in [0.15, 0.2) is 18.2 Å². The van der Waals surface area contributed by atoms with Crippen molar-refractivity contribution in [3.05, 3.63) is 23.8 Å². The van der Waals surface area contributed by atoms with Gasteiger partial charge in [0.05, 0.1) is 32.5 Å². The minimum Gasteiger partial charge on any atom is -0.497 e. The van der Waals surface area contributed by atoms with Crippen molar-refractivity contribution in [1.82, 2.24) is 4.90 Å². The Labute approximate surface area is 155 Å². The summed E-state index contributed by atoms with van der Waals surface area (Å²) in [4.78, 5) is 14.4. The monoisotopic (exact) mass is 363 g/mol. The van der Waals surface area contributed by atoms with Gasteiger partial charge >= 0.3 is 6.09 Å². The number of carbonyl (C=O) groups excluding carboxylic acids is 1. The summed E-state index contributed by atoms with van der Waals surface area (Å²) in [5.74, 6) is 1.35. The molecular formula is C20H29NO5. The summed E-state index contributed by atoms with van der Waals surface area (Å²) in [7, 11) is 3.24. The fraction of sp³-hybridized carbons (Fsp3) is 0.650. The molecule has 1 heterocycles. The second kappa shape index (κ2) is 7.74. The Balaban J connectivity index is 2.08. The van der Waals surface area contributed by atoms with E-state index in [1.165, 1.54) is 0 Å². The summed E-state index contributed by atoms with van der Waals surface area (Å²) in [6.07, 6.45) is 3.96. The number of hydrogen-bond donors (Lipinski definition) is 1. The molecule has 1 saturated carbocycles. The number of piperidine rings is 1. The van der Waals surface area contributed by atoms with Crippen molar-refractivity contribution in [2.45, 2.75) is 50.7 Å². The minimum absolute atomic E-state index is 0.0459. The number of aliphatic hydroxyl groups is 1. The highest BCUT2D eigenvalue weighted by Crippen LogP contribution is 2.51. The molecule has 1 aromatic carbocycles. The Hall–Kier alpha value is -1.95. The number of hydrogen-bond acceptors (Lipinski definition) is 5. The largest absolute Gasteiger partial charge is 0.497 e. The summed E-state index contributed by atoms with van der Waals surface area (Å²) < 4.78 is 16.3. The van der Waals surface area contributed by atoms with Crippen molar-refractivity contribution in [2.24, 2.45) is 5.92 Å². The fourth-order valence-electron chi connectivity index (χ4n) is 4.55. The van der Waals surface area contributed by atoms with Gasteiger partial charge in [-0.3, -0.25) is 0 Å². The minimum atomic E-state index is -0.750. The smallest absolute Gasteiger partial charge is 0.410 e. The highest BCUT2D eigenvalue weighted by molar-refractivity contribution is 5.69. The Morgan fingerprint density at radius 3 is 2.77 bits per heavy atom. The van der Waals surface area contributed by atoms with Crippen LogP contribution in [0, 0.1) is 5.92 Å². The summed E-state index contributed by atoms with van der Waals surface area (Å²) in [5.41, 5.74) is 0.116. The lowest BCUT2D eigenvalue weighted by molar-refractivity contribution is -0.118. The number of methoxy groups -OCH3 is 2. The molecule has 6 nitrogen and oxygen atoms in total. The number of amides is 1. The standard InChI is InChI=1S/C20H29NO5/c1-4-26-19(22)21-12-11-20(23)10-6-5-7-16(20)18(21)15-13-14(24-2)8-9-17(15)25-3/h8-9,13,16,18,23H,4-7,10-12H2,1-3H3/t16?,18-,20?/m0/s1. The molecule has 6 heteroatoms. The molecule has 0 bridgehead atoms. The Morgan fingerprint density at radius 1 is 1.27 bits per heavy atom. The van der Waals surface area contributed by atoms with E-state index in [9.17, 15) is 9.90 Å². The van der Waals surface area contributed by atoms with Crippen LogP contribution in [-0.4, -0.2) is 49.1 Å². The topological polar surface area (TPSA) is 68.2 Å². The van der Waals surface area contributed by atoms with Gasteiger partial charge in [0, 0.05) is 18.0 Å². The molecular weight excluding hydrogens is 334 g/mol. The average molecular weight is 363 g/mol. The Morgan fingerprint density at radius 2 is 2.08 bits per heavy atom. The molecule has 1 aliphatic carbocycles. The van der Waals surface area contributed by atoms with Crippen molar-refractivity contribution in [3.8, 4) is 11.5 Å². The zero-order valence-corrected chi connectivity index (χ0v) is 15.9. The number of nitrogens with zero attached hydrogens (tertiary/aromatic N) is 1. The maximum atomic E-state index is 12.7. The second-order valence-corrected chi connectivity index (χ2v) is 7.15. The lowest BCUT2D eigenvalue weighted by Crippen LogP contribution is -2.56. The van der Waals surface area contributed by atoms with Gasteiger partial charge in [0.2, 0.25) is 0 Å². The quantitative estimate of drug-likeness (QED) is 0.886. The second-order valence-electron chi connectivity index (χ2n) is 7.15. The first-order valence-corrected chi connectivity index (χ1v) is 9.41. The van der Waals surface area contributed by atoms with E-state index in [4.69, 9.17) is 14.2 Å². The predicted molar refractivity (Wildman–Crippen MR) is 97.5 cm³/mol. The molecule has 26 heavy (non-hydrogen) atoms. The summed E-state index contributed by atoms with van der Waals surface area (Å²) in [6.45, 7) is 2.60. The molecule has 0 radical (unpaired) electrons. The molecule has 0 spiro atoms. The molecule has 0 aromatic heterocycles. The van der Waals surface area contributed by atoms with Crippen LogP contribution < -0.4 is 9.47 Å². The van der Waals surface area contributed by atoms with Gasteiger partial charge in [0.15, 0.2) is 0 Å². The summed E-state index contributed by atoms with van der Waals surface area (Å²) >= 11 is 0. The highest BCUT2D eigenvalue weighted by atomic mass is 16.6. The van der Waals surface area contributed by atoms with Crippen LogP contribution in [-0.2, 0) is 4.74 Å². The lowest BCUT2D eigenvalue weighted by atomic mass is 9.66. The van der Waals surface area contributed by atoms with Crippen LogP contribution in [0.4, 0.5) is 4.79 Å². The summed E-state index contributed by atoms with van der Waals surface area (Å²) in [6, 6.07) is 5.31. The molecule has 1 amide bonds. The van der Waals surface area contributed by atoms with Crippen molar-refractivity contribution in [2.75, 3.05) is 27.4 Å². The Kier molecular flexibility index (Phi) is 5.61. The van der Waals surface area contributed by atoms with E-state index < -0.39 is 5.60 Å². The Bertz CT molecular complexity index is 649. The SMILES string of the molecule is CCOC(=O)N1CCC2(O)CCCCC2[C@@H]1c1cc(OC)ccc1OC. The number of rotatable bonds is 4. The van der Waals surface area contributed by atoms with Crippen LogP contribution in [0.1, 0.15) is 50.6 Å².